The van der Waals surface area contributed by atoms with E-state index >= 15 is 0 Å². The lowest BCUT2D eigenvalue weighted by molar-refractivity contribution is 0.713. The highest BCUT2D eigenvalue weighted by atomic mass is 35.5. The molecule has 0 bridgehead atoms. The summed E-state index contributed by atoms with van der Waals surface area (Å²) < 4.78 is 0. The molecule has 4 rings (SSSR count). The maximum atomic E-state index is 12.8. The largest absolute Gasteiger partial charge is 0.330 e. The van der Waals surface area contributed by atoms with Crippen molar-refractivity contribution in [2.75, 3.05) is 6.54 Å². The molecule has 3 N–H and O–H groups in total. The van der Waals surface area contributed by atoms with Gasteiger partial charge in [-0.3, -0.25) is 9.78 Å². The maximum absolute atomic E-state index is 12.8. The first kappa shape index (κ1) is 18.3. The highest BCUT2D eigenvalue weighted by Gasteiger charge is 2.16. The van der Waals surface area contributed by atoms with Crippen LogP contribution in [0.25, 0.3) is 33.4 Å². The number of hydrogen-bond acceptors (Lipinski definition) is 5. The van der Waals surface area contributed by atoms with Crippen molar-refractivity contribution >= 4 is 22.5 Å². The van der Waals surface area contributed by atoms with Gasteiger partial charge in [-0.05, 0) is 30.3 Å². The van der Waals surface area contributed by atoms with Crippen LogP contribution in [0.2, 0.25) is 5.02 Å². The Morgan fingerprint density at radius 3 is 2.61 bits per heavy atom. The van der Waals surface area contributed by atoms with Crippen molar-refractivity contribution in [3.8, 4) is 22.5 Å². The van der Waals surface area contributed by atoms with Gasteiger partial charge in [-0.15, -0.1) is 0 Å². The SMILES string of the molecule is CC(CN)c1nc2c(-c3cccnc3)nc(-c3ccc(Cl)cc3)cc2c(=O)[nH]1. The van der Waals surface area contributed by atoms with Crippen LogP contribution < -0.4 is 11.3 Å². The molecule has 0 amide bonds. The molecule has 3 heterocycles. The third-order valence-corrected chi connectivity index (χ3v) is 4.86. The third kappa shape index (κ3) is 3.40. The first-order valence-corrected chi connectivity index (χ1v) is 9.26. The fourth-order valence-corrected chi connectivity index (χ4v) is 3.10. The fourth-order valence-electron chi connectivity index (χ4n) is 2.97. The van der Waals surface area contributed by atoms with Crippen molar-refractivity contribution in [1.29, 1.82) is 0 Å². The molecule has 0 aliphatic heterocycles. The van der Waals surface area contributed by atoms with Crippen LogP contribution in [0, 0.1) is 0 Å². The van der Waals surface area contributed by atoms with Gasteiger partial charge in [0.15, 0.2) is 0 Å². The van der Waals surface area contributed by atoms with Crippen LogP contribution in [0.15, 0.2) is 59.7 Å². The quantitative estimate of drug-likeness (QED) is 0.552. The van der Waals surface area contributed by atoms with E-state index in [-0.39, 0.29) is 11.5 Å². The predicted octanol–water partition coefficient (Wildman–Crippen LogP) is 3.76. The zero-order valence-corrected chi connectivity index (χ0v) is 15.9. The second-order valence-electron chi connectivity index (χ2n) is 6.59. The first-order valence-electron chi connectivity index (χ1n) is 8.88. The van der Waals surface area contributed by atoms with Gasteiger partial charge >= 0.3 is 0 Å². The van der Waals surface area contributed by atoms with Crippen LogP contribution in [0.5, 0.6) is 0 Å². The van der Waals surface area contributed by atoms with Crippen molar-refractivity contribution in [3.05, 3.63) is 76.1 Å². The lowest BCUT2D eigenvalue weighted by Crippen LogP contribution is -2.19. The zero-order valence-electron chi connectivity index (χ0n) is 15.2. The van der Waals surface area contributed by atoms with E-state index in [1.807, 2.05) is 31.2 Å². The molecule has 1 aromatic carbocycles. The van der Waals surface area contributed by atoms with Gasteiger partial charge in [0, 0.05) is 41.0 Å². The summed E-state index contributed by atoms with van der Waals surface area (Å²) in [6, 6.07) is 12.8. The van der Waals surface area contributed by atoms with Crippen LogP contribution in [0.4, 0.5) is 0 Å². The minimum Gasteiger partial charge on any atom is -0.330 e. The van der Waals surface area contributed by atoms with Gasteiger partial charge in [0.1, 0.15) is 11.3 Å². The minimum absolute atomic E-state index is 0.0743. The Hall–Kier alpha value is -3.09. The Balaban J connectivity index is 2.04. The van der Waals surface area contributed by atoms with Crippen LogP contribution >= 0.6 is 11.6 Å². The molecule has 140 valence electrons. The first-order chi connectivity index (χ1) is 13.6. The molecule has 6 nitrogen and oxygen atoms in total. The summed E-state index contributed by atoms with van der Waals surface area (Å²) in [5, 5.41) is 1.10. The molecule has 0 saturated heterocycles. The number of rotatable bonds is 4. The summed E-state index contributed by atoms with van der Waals surface area (Å²) >= 11 is 6.00. The van der Waals surface area contributed by atoms with E-state index in [9.17, 15) is 4.79 Å². The predicted molar refractivity (Wildman–Crippen MR) is 111 cm³/mol. The normalized spacial score (nSPS) is 12.2. The Labute approximate surface area is 166 Å². The average Bonchev–Trinajstić information content (AvgIpc) is 2.73. The van der Waals surface area contributed by atoms with Gasteiger partial charge in [-0.25, -0.2) is 9.97 Å². The molecule has 0 radical (unpaired) electrons. The molecule has 28 heavy (non-hydrogen) atoms. The van der Waals surface area contributed by atoms with E-state index in [1.165, 1.54) is 0 Å². The Morgan fingerprint density at radius 1 is 1.14 bits per heavy atom. The Kier molecular flexibility index (Phi) is 4.90. The summed E-state index contributed by atoms with van der Waals surface area (Å²) in [5.74, 6) is 0.473. The monoisotopic (exact) mass is 391 g/mol. The molecular weight excluding hydrogens is 374 g/mol. The molecule has 0 aliphatic carbocycles. The van der Waals surface area contributed by atoms with Crippen molar-refractivity contribution in [1.82, 2.24) is 19.9 Å². The summed E-state index contributed by atoms with van der Waals surface area (Å²) in [6.45, 7) is 2.30. The molecular formula is C21H18ClN5O. The summed E-state index contributed by atoms with van der Waals surface area (Å²) in [4.78, 5) is 29.4. The molecule has 4 aromatic rings. The van der Waals surface area contributed by atoms with Gasteiger partial charge in [0.2, 0.25) is 0 Å². The smallest absolute Gasteiger partial charge is 0.258 e. The highest BCUT2D eigenvalue weighted by molar-refractivity contribution is 6.30. The standard InChI is InChI=1S/C21H18ClN5O/c1-12(10-23)20-26-19-16(21(28)27-20)9-17(13-4-6-15(22)7-5-13)25-18(19)14-3-2-8-24-11-14/h2-9,11-12H,10,23H2,1H3,(H,26,27,28). The number of nitrogens with one attached hydrogen (secondary N) is 1. The number of aromatic amines is 1. The van der Waals surface area contributed by atoms with E-state index in [1.54, 1.807) is 30.6 Å². The molecule has 0 fully saturated rings. The van der Waals surface area contributed by atoms with Gasteiger partial charge in [0.05, 0.1) is 16.8 Å². The van der Waals surface area contributed by atoms with Gasteiger partial charge < -0.3 is 10.7 Å². The van der Waals surface area contributed by atoms with Crippen molar-refractivity contribution in [2.24, 2.45) is 5.73 Å². The summed E-state index contributed by atoms with van der Waals surface area (Å²) in [5.41, 5.74) is 8.98. The molecule has 0 aliphatic rings. The Morgan fingerprint density at radius 2 is 1.93 bits per heavy atom. The highest BCUT2D eigenvalue weighted by Crippen LogP contribution is 2.29. The van der Waals surface area contributed by atoms with E-state index in [0.717, 1.165) is 11.1 Å². The lowest BCUT2D eigenvalue weighted by Gasteiger charge is -2.12. The molecule has 7 heteroatoms. The van der Waals surface area contributed by atoms with Gasteiger partial charge in [0.25, 0.3) is 5.56 Å². The number of halogens is 1. The number of pyridine rings is 2. The van der Waals surface area contributed by atoms with Gasteiger partial charge in [-0.1, -0.05) is 30.7 Å². The van der Waals surface area contributed by atoms with Crippen LogP contribution in [0.1, 0.15) is 18.7 Å². The molecule has 3 aromatic heterocycles. The summed E-state index contributed by atoms with van der Waals surface area (Å²) in [6.07, 6.45) is 3.40. The zero-order chi connectivity index (χ0) is 19.7. The number of benzene rings is 1. The molecule has 0 saturated carbocycles. The topological polar surface area (TPSA) is 97.5 Å². The molecule has 1 atom stereocenters. The number of nitrogens with two attached hydrogens (primary N) is 1. The average molecular weight is 392 g/mol. The Bertz CT molecular complexity index is 1190. The third-order valence-electron chi connectivity index (χ3n) is 4.61. The number of aromatic nitrogens is 4. The van der Waals surface area contributed by atoms with Crippen LogP contribution in [0.3, 0.4) is 0 Å². The fraction of sp³-hybridized carbons (Fsp3) is 0.143. The number of hydrogen-bond donors (Lipinski definition) is 2. The van der Waals surface area contributed by atoms with Crippen LogP contribution in [-0.4, -0.2) is 26.5 Å². The number of H-pyrrole nitrogens is 1. The molecule has 1 unspecified atom stereocenters. The van der Waals surface area contributed by atoms with E-state index in [4.69, 9.17) is 22.3 Å². The van der Waals surface area contributed by atoms with Crippen molar-refractivity contribution < 1.29 is 0 Å². The van der Waals surface area contributed by atoms with Crippen molar-refractivity contribution in [3.63, 3.8) is 0 Å². The second-order valence-corrected chi connectivity index (χ2v) is 7.03. The summed E-state index contributed by atoms with van der Waals surface area (Å²) in [7, 11) is 0. The number of nitrogens with zero attached hydrogens (tertiary/aromatic N) is 3. The van der Waals surface area contributed by atoms with E-state index in [0.29, 0.717) is 39.7 Å². The number of fused-ring (bicyclic) bond motifs is 1. The van der Waals surface area contributed by atoms with Gasteiger partial charge in [-0.2, -0.15) is 0 Å². The van der Waals surface area contributed by atoms with Crippen molar-refractivity contribution in [2.45, 2.75) is 12.8 Å². The van der Waals surface area contributed by atoms with Crippen LogP contribution in [-0.2, 0) is 0 Å². The lowest BCUT2D eigenvalue weighted by atomic mass is 10.1. The second kappa shape index (κ2) is 7.50. The molecule has 0 spiro atoms. The minimum atomic E-state index is -0.219. The van der Waals surface area contributed by atoms with E-state index < -0.39 is 0 Å². The maximum Gasteiger partial charge on any atom is 0.258 e. The van der Waals surface area contributed by atoms with E-state index in [2.05, 4.69) is 15.0 Å².